The van der Waals surface area contributed by atoms with Crippen LogP contribution in [0.25, 0.3) is 0 Å². The molecule has 4 heteroatoms. The SMILES string of the molecule is CCCNCCCc1nnc(C(C)(C)CC)o1. The zero-order chi connectivity index (χ0) is 12.7. The topological polar surface area (TPSA) is 51.0 Å². The summed E-state index contributed by atoms with van der Waals surface area (Å²) in [6, 6.07) is 0. The number of aryl methyl sites for hydroxylation is 1. The van der Waals surface area contributed by atoms with Gasteiger partial charge in [-0.3, -0.25) is 0 Å². The first-order chi connectivity index (χ1) is 8.10. The second-order valence-corrected chi connectivity index (χ2v) is 5.09. The molecular formula is C13H25N3O. The van der Waals surface area contributed by atoms with Gasteiger partial charge < -0.3 is 9.73 Å². The molecule has 0 aliphatic rings. The van der Waals surface area contributed by atoms with Gasteiger partial charge in [0.25, 0.3) is 0 Å². The number of hydrogen-bond donors (Lipinski definition) is 1. The van der Waals surface area contributed by atoms with Crippen LogP contribution in [0.5, 0.6) is 0 Å². The van der Waals surface area contributed by atoms with Crippen LogP contribution < -0.4 is 5.32 Å². The minimum absolute atomic E-state index is 0.00822. The Bertz CT molecular complexity index is 320. The Kier molecular flexibility index (Phi) is 5.62. The normalized spacial score (nSPS) is 12.0. The molecule has 1 aromatic rings. The monoisotopic (exact) mass is 239 g/mol. The van der Waals surface area contributed by atoms with E-state index in [1.807, 2.05) is 0 Å². The number of hydrogen-bond acceptors (Lipinski definition) is 4. The second-order valence-electron chi connectivity index (χ2n) is 5.09. The molecule has 0 aliphatic heterocycles. The Morgan fingerprint density at radius 1 is 1.18 bits per heavy atom. The predicted octanol–water partition coefficient (Wildman–Crippen LogP) is 2.69. The molecule has 1 heterocycles. The summed E-state index contributed by atoms with van der Waals surface area (Å²) in [5.41, 5.74) is -0.00822. The molecule has 0 unspecified atom stereocenters. The van der Waals surface area contributed by atoms with Crippen LogP contribution in [-0.4, -0.2) is 23.3 Å². The first-order valence-electron chi connectivity index (χ1n) is 6.63. The van der Waals surface area contributed by atoms with Gasteiger partial charge in [-0.25, -0.2) is 0 Å². The number of nitrogens with one attached hydrogen (secondary N) is 1. The Hall–Kier alpha value is -0.900. The molecule has 1 N–H and O–H groups in total. The summed E-state index contributed by atoms with van der Waals surface area (Å²) in [6.07, 6.45) is 4.10. The first-order valence-corrected chi connectivity index (χ1v) is 6.63. The molecule has 0 saturated carbocycles. The third-order valence-electron chi connectivity index (χ3n) is 3.10. The Morgan fingerprint density at radius 3 is 2.59 bits per heavy atom. The quantitative estimate of drug-likeness (QED) is 0.709. The van der Waals surface area contributed by atoms with Gasteiger partial charge in [-0.2, -0.15) is 0 Å². The molecule has 0 radical (unpaired) electrons. The van der Waals surface area contributed by atoms with Gasteiger partial charge in [0.05, 0.1) is 0 Å². The van der Waals surface area contributed by atoms with E-state index in [2.05, 4.69) is 43.2 Å². The van der Waals surface area contributed by atoms with Crippen LogP contribution in [0.15, 0.2) is 4.42 Å². The number of rotatable bonds is 8. The molecule has 4 nitrogen and oxygen atoms in total. The summed E-state index contributed by atoms with van der Waals surface area (Å²) < 4.78 is 5.70. The van der Waals surface area contributed by atoms with Crippen molar-refractivity contribution in [1.82, 2.24) is 15.5 Å². The zero-order valence-corrected chi connectivity index (χ0v) is 11.5. The Labute approximate surface area is 104 Å². The number of nitrogens with zero attached hydrogens (tertiary/aromatic N) is 2. The van der Waals surface area contributed by atoms with Gasteiger partial charge in [-0.15, -0.1) is 10.2 Å². The second kappa shape index (κ2) is 6.74. The van der Waals surface area contributed by atoms with Crippen LogP contribution in [0, 0.1) is 0 Å². The highest BCUT2D eigenvalue weighted by Crippen LogP contribution is 2.25. The molecule has 1 rings (SSSR count). The Balaban J connectivity index is 2.36. The van der Waals surface area contributed by atoms with Gasteiger partial charge in [0.1, 0.15) is 0 Å². The molecule has 0 amide bonds. The van der Waals surface area contributed by atoms with Gasteiger partial charge in [0.15, 0.2) is 0 Å². The van der Waals surface area contributed by atoms with Gasteiger partial charge in [0, 0.05) is 11.8 Å². The van der Waals surface area contributed by atoms with Crippen molar-refractivity contribution in [2.45, 2.75) is 58.8 Å². The van der Waals surface area contributed by atoms with Gasteiger partial charge in [-0.1, -0.05) is 27.7 Å². The van der Waals surface area contributed by atoms with Crippen molar-refractivity contribution in [3.63, 3.8) is 0 Å². The lowest BCUT2D eigenvalue weighted by molar-refractivity contribution is 0.342. The lowest BCUT2D eigenvalue weighted by atomic mass is 9.90. The van der Waals surface area contributed by atoms with Crippen molar-refractivity contribution in [2.75, 3.05) is 13.1 Å². The smallest absolute Gasteiger partial charge is 0.222 e. The fourth-order valence-electron chi connectivity index (χ4n) is 1.45. The minimum atomic E-state index is -0.00822. The lowest BCUT2D eigenvalue weighted by Gasteiger charge is -2.16. The standard InChI is InChI=1S/C13H25N3O/c1-5-9-14-10-7-8-11-15-16-12(17-11)13(3,4)6-2/h14H,5-10H2,1-4H3. The zero-order valence-electron chi connectivity index (χ0n) is 11.5. The molecule has 1 aromatic heterocycles. The molecule has 0 fully saturated rings. The van der Waals surface area contributed by atoms with Crippen molar-refractivity contribution in [1.29, 1.82) is 0 Å². The van der Waals surface area contributed by atoms with E-state index in [9.17, 15) is 0 Å². The van der Waals surface area contributed by atoms with E-state index in [1.165, 1.54) is 6.42 Å². The number of aromatic nitrogens is 2. The van der Waals surface area contributed by atoms with Crippen LogP contribution in [0.3, 0.4) is 0 Å². The predicted molar refractivity (Wildman–Crippen MR) is 69.1 cm³/mol. The van der Waals surface area contributed by atoms with Gasteiger partial charge >= 0.3 is 0 Å². The summed E-state index contributed by atoms with van der Waals surface area (Å²) in [5, 5.41) is 11.6. The summed E-state index contributed by atoms with van der Waals surface area (Å²) in [5.74, 6) is 1.52. The maximum Gasteiger partial charge on any atom is 0.222 e. The lowest BCUT2D eigenvalue weighted by Crippen LogP contribution is -2.16. The molecule has 0 aromatic carbocycles. The minimum Gasteiger partial charge on any atom is -0.425 e. The van der Waals surface area contributed by atoms with E-state index in [4.69, 9.17) is 4.42 Å². The van der Waals surface area contributed by atoms with Crippen LogP contribution in [0.4, 0.5) is 0 Å². The van der Waals surface area contributed by atoms with Crippen molar-refractivity contribution in [3.8, 4) is 0 Å². The molecule has 0 aliphatic carbocycles. The van der Waals surface area contributed by atoms with Crippen LogP contribution in [0.2, 0.25) is 0 Å². The highest BCUT2D eigenvalue weighted by atomic mass is 16.4. The maximum atomic E-state index is 5.70. The van der Waals surface area contributed by atoms with E-state index < -0.39 is 0 Å². The van der Waals surface area contributed by atoms with E-state index >= 15 is 0 Å². The van der Waals surface area contributed by atoms with Crippen LogP contribution in [-0.2, 0) is 11.8 Å². The van der Waals surface area contributed by atoms with E-state index in [1.54, 1.807) is 0 Å². The molecule has 0 saturated heterocycles. The molecule has 0 spiro atoms. The van der Waals surface area contributed by atoms with E-state index in [-0.39, 0.29) is 5.41 Å². The molecule has 98 valence electrons. The van der Waals surface area contributed by atoms with Crippen molar-refractivity contribution < 1.29 is 4.42 Å². The molecule has 0 bridgehead atoms. The average Bonchev–Trinajstić information content (AvgIpc) is 2.78. The first kappa shape index (κ1) is 14.2. The summed E-state index contributed by atoms with van der Waals surface area (Å²) >= 11 is 0. The van der Waals surface area contributed by atoms with E-state index in [0.29, 0.717) is 0 Å². The van der Waals surface area contributed by atoms with Gasteiger partial charge in [0.2, 0.25) is 11.8 Å². The summed E-state index contributed by atoms with van der Waals surface area (Å²) in [7, 11) is 0. The van der Waals surface area contributed by atoms with Gasteiger partial charge in [-0.05, 0) is 32.4 Å². The van der Waals surface area contributed by atoms with E-state index in [0.717, 1.165) is 44.1 Å². The van der Waals surface area contributed by atoms with Crippen molar-refractivity contribution in [2.24, 2.45) is 0 Å². The van der Waals surface area contributed by atoms with Crippen molar-refractivity contribution in [3.05, 3.63) is 11.8 Å². The van der Waals surface area contributed by atoms with Crippen molar-refractivity contribution >= 4 is 0 Å². The largest absolute Gasteiger partial charge is 0.425 e. The fourth-order valence-corrected chi connectivity index (χ4v) is 1.45. The van der Waals surface area contributed by atoms with Crippen LogP contribution >= 0.6 is 0 Å². The highest BCUT2D eigenvalue weighted by molar-refractivity contribution is 4.98. The third kappa shape index (κ3) is 4.46. The maximum absolute atomic E-state index is 5.70. The molecule has 0 atom stereocenters. The average molecular weight is 239 g/mol. The fraction of sp³-hybridized carbons (Fsp3) is 0.846. The Morgan fingerprint density at radius 2 is 1.94 bits per heavy atom. The summed E-state index contributed by atoms with van der Waals surface area (Å²) in [4.78, 5) is 0. The molecule has 17 heavy (non-hydrogen) atoms. The highest BCUT2D eigenvalue weighted by Gasteiger charge is 2.24. The summed E-state index contributed by atoms with van der Waals surface area (Å²) in [6.45, 7) is 10.7. The molecular weight excluding hydrogens is 214 g/mol. The van der Waals surface area contributed by atoms with Crippen LogP contribution in [0.1, 0.15) is 58.7 Å². The third-order valence-corrected chi connectivity index (χ3v) is 3.10.